The van der Waals surface area contributed by atoms with Crippen LogP contribution in [0.2, 0.25) is 0 Å². The van der Waals surface area contributed by atoms with Gasteiger partial charge in [0.25, 0.3) is 0 Å². The second-order valence-corrected chi connectivity index (χ2v) is 4.10. The number of hydrogen-bond donors (Lipinski definition) is 0. The summed E-state index contributed by atoms with van der Waals surface area (Å²) in [4.78, 5) is 33.2. The molecular weight excluding hydrogens is 184 g/mol. The summed E-state index contributed by atoms with van der Waals surface area (Å²) in [6.45, 7) is 6.63. The van der Waals surface area contributed by atoms with E-state index in [4.69, 9.17) is 0 Å². The Kier molecular flexibility index (Phi) is 4.47. The SMILES string of the molecule is CCCC(=O)C(=O)OC(=O)C(C)(C)C. The number of Topliss-reactive ketones (excluding diaryl/α,β-unsaturated/α-hetero) is 1. The molecule has 0 fully saturated rings. The highest BCUT2D eigenvalue weighted by Gasteiger charge is 2.27. The fraction of sp³-hybridized carbons (Fsp3) is 0.700. The van der Waals surface area contributed by atoms with Gasteiger partial charge in [0.05, 0.1) is 5.41 Å². The quantitative estimate of drug-likeness (QED) is 0.393. The highest BCUT2D eigenvalue weighted by molar-refractivity contribution is 6.35. The standard InChI is InChI=1S/C10H16O4/c1-5-6-7(11)8(12)14-9(13)10(2,3)4/h5-6H2,1-4H3. The number of ether oxygens (including phenoxy) is 1. The molecule has 0 saturated carbocycles. The summed E-state index contributed by atoms with van der Waals surface area (Å²) in [5, 5.41) is 0. The van der Waals surface area contributed by atoms with E-state index in [-0.39, 0.29) is 6.42 Å². The third-order valence-electron chi connectivity index (χ3n) is 1.50. The molecule has 0 aliphatic rings. The molecule has 0 N–H and O–H groups in total. The molecule has 0 rings (SSSR count). The smallest absolute Gasteiger partial charge is 0.382 e. The van der Waals surface area contributed by atoms with Crippen LogP contribution in [0.25, 0.3) is 0 Å². The molecule has 0 atom stereocenters. The van der Waals surface area contributed by atoms with Gasteiger partial charge in [0, 0.05) is 6.42 Å². The molecular formula is C10H16O4. The monoisotopic (exact) mass is 200 g/mol. The maximum atomic E-state index is 11.2. The summed E-state index contributed by atoms with van der Waals surface area (Å²) in [7, 11) is 0. The van der Waals surface area contributed by atoms with Gasteiger partial charge in [0.1, 0.15) is 0 Å². The van der Waals surface area contributed by atoms with Crippen LogP contribution in [-0.2, 0) is 19.1 Å². The van der Waals surface area contributed by atoms with Gasteiger partial charge >= 0.3 is 11.9 Å². The van der Waals surface area contributed by atoms with Crippen LogP contribution < -0.4 is 0 Å². The summed E-state index contributed by atoms with van der Waals surface area (Å²) in [5.74, 6) is -2.37. The Balaban J connectivity index is 4.21. The Morgan fingerprint density at radius 1 is 1.14 bits per heavy atom. The molecule has 0 aromatic heterocycles. The van der Waals surface area contributed by atoms with Crippen molar-refractivity contribution < 1.29 is 19.1 Å². The molecule has 0 heterocycles. The molecule has 0 aliphatic heterocycles. The van der Waals surface area contributed by atoms with Crippen molar-refractivity contribution in [3.05, 3.63) is 0 Å². The van der Waals surface area contributed by atoms with E-state index in [0.29, 0.717) is 6.42 Å². The predicted molar refractivity (Wildman–Crippen MR) is 50.5 cm³/mol. The maximum Gasteiger partial charge on any atom is 0.382 e. The maximum absolute atomic E-state index is 11.2. The lowest BCUT2D eigenvalue weighted by Gasteiger charge is -2.14. The van der Waals surface area contributed by atoms with Gasteiger partial charge in [-0.15, -0.1) is 0 Å². The van der Waals surface area contributed by atoms with Gasteiger partial charge in [-0.2, -0.15) is 0 Å². The number of hydrogen-bond acceptors (Lipinski definition) is 4. The number of carbonyl (C=O) groups is 3. The van der Waals surface area contributed by atoms with Crippen LogP contribution in [-0.4, -0.2) is 17.7 Å². The normalized spacial score (nSPS) is 10.9. The number of esters is 2. The minimum absolute atomic E-state index is 0.121. The molecule has 0 amide bonds. The molecule has 4 nitrogen and oxygen atoms in total. The Morgan fingerprint density at radius 2 is 1.64 bits per heavy atom. The van der Waals surface area contributed by atoms with Crippen molar-refractivity contribution in [2.24, 2.45) is 5.41 Å². The first-order chi connectivity index (χ1) is 6.29. The molecule has 0 spiro atoms. The molecule has 0 aliphatic carbocycles. The zero-order valence-corrected chi connectivity index (χ0v) is 9.05. The van der Waals surface area contributed by atoms with E-state index in [1.54, 1.807) is 27.7 Å². The minimum Gasteiger partial charge on any atom is -0.387 e. The van der Waals surface area contributed by atoms with E-state index < -0.39 is 23.1 Å². The van der Waals surface area contributed by atoms with Crippen LogP contribution in [0.4, 0.5) is 0 Å². The fourth-order valence-electron chi connectivity index (χ4n) is 0.623. The van der Waals surface area contributed by atoms with Crippen molar-refractivity contribution >= 4 is 17.7 Å². The van der Waals surface area contributed by atoms with Crippen LogP contribution in [0.1, 0.15) is 40.5 Å². The molecule has 4 heteroatoms. The molecule has 0 unspecified atom stereocenters. The summed E-state index contributed by atoms with van der Waals surface area (Å²) < 4.78 is 4.40. The fourth-order valence-corrected chi connectivity index (χ4v) is 0.623. The lowest BCUT2D eigenvalue weighted by atomic mass is 9.97. The molecule has 80 valence electrons. The minimum atomic E-state index is -1.05. The van der Waals surface area contributed by atoms with Gasteiger partial charge in [-0.1, -0.05) is 6.92 Å². The third kappa shape index (κ3) is 4.16. The van der Waals surface area contributed by atoms with Crippen LogP contribution in [0, 0.1) is 5.41 Å². The lowest BCUT2D eigenvalue weighted by Crippen LogP contribution is -2.29. The second kappa shape index (κ2) is 4.88. The van der Waals surface area contributed by atoms with Crippen molar-refractivity contribution in [2.75, 3.05) is 0 Å². The highest BCUT2D eigenvalue weighted by Crippen LogP contribution is 2.15. The van der Waals surface area contributed by atoms with E-state index >= 15 is 0 Å². The van der Waals surface area contributed by atoms with Crippen molar-refractivity contribution in [3.8, 4) is 0 Å². The van der Waals surface area contributed by atoms with E-state index in [2.05, 4.69) is 4.74 Å². The second-order valence-electron chi connectivity index (χ2n) is 4.10. The number of ketones is 1. The summed E-state index contributed by atoms with van der Waals surface area (Å²) in [5.41, 5.74) is -0.762. The van der Waals surface area contributed by atoms with E-state index in [9.17, 15) is 14.4 Å². The summed E-state index contributed by atoms with van der Waals surface area (Å²) in [6.07, 6.45) is 0.688. The first-order valence-corrected chi connectivity index (χ1v) is 4.58. The van der Waals surface area contributed by atoms with Crippen molar-refractivity contribution in [1.82, 2.24) is 0 Å². The van der Waals surface area contributed by atoms with Crippen LogP contribution in [0.15, 0.2) is 0 Å². The molecule has 0 radical (unpaired) electrons. The van der Waals surface area contributed by atoms with Crippen LogP contribution >= 0.6 is 0 Å². The number of carbonyl (C=O) groups excluding carboxylic acids is 3. The molecule has 0 aromatic rings. The van der Waals surface area contributed by atoms with Crippen molar-refractivity contribution in [3.63, 3.8) is 0 Å². The Labute approximate surface area is 83.6 Å². The van der Waals surface area contributed by atoms with Crippen molar-refractivity contribution in [1.29, 1.82) is 0 Å². The van der Waals surface area contributed by atoms with Gasteiger partial charge in [0.15, 0.2) is 0 Å². The molecule has 14 heavy (non-hydrogen) atoms. The van der Waals surface area contributed by atoms with Gasteiger partial charge in [-0.25, -0.2) is 4.79 Å². The van der Waals surface area contributed by atoms with Gasteiger partial charge in [-0.05, 0) is 27.2 Å². The largest absolute Gasteiger partial charge is 0.387 e. The predicted octanol–water partition coefficient (Wildman–Crippen LogP) is 1.47. The van der Waals surface area contributed by atoms with Crippen LogP contribution in [0.5, 0.6) is 0 Å². The molecule has 0 saturated heterocycles. The van der Waals surface area contributed by atoms with Gasteiger partial charge in [0.2, 0.25) is 5.78 Å². The first-order valence-electron chi connectivity index (χ1n) is 4.58. The lowest BCUT2D eigenvalue weighted by molar-refractivity contribution is -0.169. The average Bonchev–Trinajstić information content (AvgIpc) is 2.02. The Morgan fingerprint density at radius 3 is 2.00 bits per heavy atom. The Hall–Kier alpha value is -1.19. The zero-order chi connectivity index (χ0) is 11.4. The van der Waals surface area contributed by atoms with Crippen LogP contribution in [0.3, 0.4) is 0 Å². The highest BCUT2D eigenvalue weighted by atomic mass is 16.6. The van der Waals surface area contributed by atoms with E-state index in [1.165, 1.54) is 0 Å². The average molecular weight is 200 g/mol. The first kappa shape index (κ1) is 12.8. The topological polar surface area (TPSA) is 60.4 Å². The van der Waals surface area contributed by atoms with E-state index in [1.807, 2.05) is 0 Å². The van der Waals surface area contributed by atoms with Gasteiger partial charge < -0.3 is 4.74 Å². The van der Waals surface area contributed by atoms with Crippen molar-refractivity contribution in [2.45, 2.75) is 40.5 Å². The zero-order valence-electron chi connectivity index (χ0n) is 9.05. The summed E-state index contributed by atoms with van der Waals surface area (Å²) in [6, 6.07) is 0. The molecule has 0 aromatic carbocycles. The molecule has 0 bridgehead atoms. The summed E-state index contributed by atoms with van der Waals surface area (Å²) >= 11 is 0. The number of rotatable bonds is 3. The van der Waals surface area contributed by atoms with E-state index in [0.717, 1.165) is 0 Å². The Bertz CT molecular complexity index is 247. The third-order valence-corrected chi connectivity index (χ3v) is 1.50. The van der Waals surface area contributed by atoms with Gasteiger partial charge in [-0.3, -0.25) is 9.59 Å².